The van der Waals surface area contributed by atoms with Gasteiger partial charge in [-0.1, -0.05) is 44.2 Å². The van der Waals surface area contributed by atoms with Crippen LogP contribution in [0.1, 0.15) is 43.7 Å². The molecule has 7 nitrogen and oxygen atoms in total. The van der Waals surface area contributed by atoms with Crippen LogP contribution in [0.2, 0.25) is 0 Å². The van der Waals surface area contributed by atoms with Crippen LogP contribution in [0.3, 0.4) is 0 Å². The molecule has 5 rings (SSSR count). The first-order valence-electron chi connectivity index (χ1n) is 11.3. The number of benzene rings is 2. The molecule has 0 spiro atoms. The number of hydrogen-bond donors (Lipinski definition) is 1. The van der Waals surface area contributed by atoms with E-state index in [1.807, 2.05) is 54.6 Å². The first-order valence-corrected chi connectivity index (χ1v) is 11.3. The highest BCUT2D eigenvalue weighted by Crippen LogP contribution is 2.48. The number of nitrogens with one attached hydrogen (secondary N) is 1. The molecule has 0 unspecified atom stereocenters. The van der Waals surface area contributed by atoms with E-state index in [9.17, 15) is 14.4 Å². The predicted molar refractivity (Wildman–Crippen MR) is 130 cm³/mol. The molecule has 0 amide bonds. The van der Waals surface area contributed by atoms with Crippen molar-refractivity contribution in [1.29, 1.82) is 0 Å². The SMILES string of the molecule is Cn1c2c(c(=O)n(C)c1=O)[C@@H](c1cccc(Oc3ccccc3)c1)C1=C(CC(C)(C)CC1=O)N2. The Labute approximate surface area is 197 Å². The van der Waals surface area contributed by atoms with Crippen LogP contribution in [0.5, 0.6) is 11.5 Å². The second-order valence-corrected chi connectivity index (χ2v) is 9.85. The van der Waals surface area contributed by atoms with Gasteiger partial charge in [0.2, 0.25) is 0 Å². The van der Waals surface area contributed by atoms with Gasteiger partial charge in [0.1, 0.15) is 17.3 Å². The lowest BCUT2D eigenvalue weighted by molar-refractivity contribution is -0.118. The fourth-order valence-corrected chi connectivity index (χ4v) is 5.07. The zero-order valence-corrected chi connectivity index (χ0v) is 19.7. The number of ether oxygens (including phenoxy) is 1. The van der Waals surface area contributed by atoms with Crippen LogP contribution in [-0.2, 0) is 18.9 Å². The number of Topliss-reactive ketones (excluding diaryl/α,β-unsaturated/α-hetero) is 1. The maximum Gasteiger partial charge on any atom is 0.332 e. The summed E-state index contributed by atoms with van der Waals surface area (Å²) >= 11 is 0. The zero-order chi connectivity index (χ0) is 24.2. The van der Waals surface area contributed by atoms with Gasteiger partial charge < -0.3 is 10.1 Å². The predicted octanol–water partition coefficient (Wildman–Crippen LogP) is 4.08. The van der Waals surface area contributed by atoms with E-state index in [-0.39, 0.29) is 11.2 Å². The lowest BCUT2D eigenvalue weighted by Crippen LogP contribution is -2.45. The number of aromatic nitrogens is 2. The number of carbonyl (C=O) groups excluding carboxylic acids is 1. The van der Waals surface area contributed by atoms with Crippen molar-refractivity contribution in [3.05, 3.63) is 97.8 Å². The van der Waals surface area contributed by atoms with E-state index < -0.39 is 17.2 Å². The first-order chi connectivity index (χ1) is 16.2. The van der Waals surface area contributed by atoms with Gasteiger partial charge in [-0.05, 0) is 41.7 Å². The molecule has 0 saturated heterocycles. The molecule has 1 aromatic heterocycles. The summed E-state index contributed by atoms with van der Waals surface area (Å²) in [6.45, 7) is 4.11. The molecular formula is C27H27N3O4. The Morgan fingerprint density at radius 2 is 1.62 bits per heavy atom. The Bertz CT molecular complexity index is 1460. The Morgan fingerprint density at radius 3 is 2.35 bits per heavy atom. The summed E-state index contributed by atoms with van der Waals surface area (Å²) in [6, 6.07) is 16.9. The van der Waals surface area contributed by atoms with Gasteiger partial charge in [-0.2, -0.15) is 0 Å². The van der Waals surface area contributed by atoms with E-state index in [2.05, 4.69) is 19.2 Å². The van der Waals surface area contributed by atoms with Crippen LogP contribution in [0.4, 0.5) is 5.82 Å². The molecule has 7 heteroatoms. The van der Waals surface area contributed by atoms with Crippen LogP contribution in [0, 0.1) is 5.41 Å². The number of anilines is 1. The van der Waals surface area contributed by atoms with Gasteiger partial charge in [-0.15, -0.1) is 0 Å². The quantitative estimate of drug-likeness (QED) is 0.641. The van der Waals surface area contributed by atoms with Crippen LogP contribution >= 0.6 is 0 Å². The van der Waals surface area contributed by atoms with E-state index in [0.717, 1.165) is 15.8 Å². The average Bonchev–Trinajstić information content (AvgIpc) is 2.80. The summed E-state index contributed by atoms with van der Waals surface area (Å²) in [4.78, 5) is 39.6. The third-order valence-corrected chi connectivity index (χ3v) is 6.64. The second-order valence-electron chi connectivity index (χ2n) is 9.85. The average molecular weight is 458 g/mol. The highest BCUT2D eigenvalue weighted by Gasteiger charge is 2.43. The van der Waals surface area contributed by atoms with E-state index in [1.54, 1.807) is 7.05 Å². The van der Waals surface area contributed by atoms with Gasteiger partial charge in [0.15, 0.2) is 5.78 Å². The van der Waals surface area contributed by atoms with Crippen molar-refractivity contribution in [2.45, 2.75) is 32.6 Å². The lowest BCUT2D eigenvalue weighted by Gasteiger charge is -2.39. The number of nitrogens with zero attached hydrogens (tertiary/aromatic N) is 2. The highest BCUT2D eigenvalue weighted by atomic mass is 16.5. The third kappa shape index (κ3) is 3.57. The monoisotopic (exact) mass is 457 g/mol. The minimum absolute atomic E-state index is 0.0136. The van der Waals surface area contributed by atoms with Crippen molar-refractivity contribution >= 4 is 11.6 Å². The molecule has 2 heterocycles. The summed E-state index contributed by atoms with van der Waals surface area (Å²) in [5, 5.41) is 3.29. The summed E-state index contributed by atoms with van der Waals surface area (Å²) < 4.78 is 8.58. The van der Waals surface area contributed by atoms with Crippen molar-refractivity contribution in [2.75, 3.05) is 5.32 Å². The number of para-hydroxylation sites is 1. The van der Waals surface area contributed by atoms with Crippen molar-refractivity contribution < 1.29 is 9.53 Å². The van der Waals surface area contributed by atoms with Gasteiger partial charge >= 0.3 is 5.69 Å². The number of hydrogen-bond acceptors (Lipinski definition) is 5. The molecule has 34 heavy (non-hydrogen) atoms. The molecule has 0 bridgehead atoms. The number of rotatable bonds is 3. The van der Waals surface area contributed by atoms with Gasteiger partial charge in [0, 0.05) is 37.7 Å². The third-order valence-electron chi connectivity index (χ3n) is 6.64. The topological polar surface area (TPSA) is 82.3 Å². The van der Waals surface area contributed by atoms with Gasteiger partial charge in [0.25, 0.3) is 5.56 Å². The van der Waals surface area contributed by atoms with Gasteiger partial charge in [0.05, 0.1) is 5.56 Å². The van der Waals surface area contributed by atoms with E-state index >= 15 is 0 Å². The first kappa shape index (κ1) is 21.9. The number of allylic oxidation sites excluding steroid dienone is 2. The Morgan fingerprint density at radius 1 is 0.912 bits per heavy atom. The molecule has 2 aromatic carbocycles. The molecule has 174 valence electrons. The summed E-state index contributed by atoms with van der Waals surface area (Å²) in [7, 11) is 3.10. The molecule has 1 atom stereocenters. The maximum absolute atomic E-state index is 13.5. The molecule has 1 N–H and O–H groups in total. The number of fused-ring (bicyclic) bond motifs is 1. The smallest absolute Gasteiger partial charge is 0.332 e. The Kier molecular flexibility index (Phi) is 5.08. The van der Waals surface area contributed by atoms with Crippen molar-refractivity contribution in [1.82, 2.24) is 9.13 Å². The normalized spacial score (nSPS) is 18.7. The summed E-state index contributed by atoms with van der Waals surface area (Å²) in [5.74, 6) is 1.16. The molecular weight excluding hydrogens is 430 g/mol. The second kappa shape index (κ2) is 7.87. The standard InChI is InChI=1S/C27H27N3O4/c1-27(2)14-19-22(20(31)15-27)21(23-24(28-19)29(3)26(33)30(4)25(23)32)16-9-8-12-18(13-16)34-17-10-6-5-7-11-17/h5-13,21,28H,14-15H2,1-4H3/t21-/m0/s1. The highest BCUT2D eigenvalue weighted by molar-refractivity contribution is 6.01. The Balaban J connectivity index is 1.73. The van der Waals surface area contributed by atoms with E-state index in [4.69, 9.17) is 4.74 Å². The molecule has 1 aliphatic carbocycles. The molecule has 3 aromatic rings. The van der Waals surface area contributed by atoms with Crippen LogP contribution in [0.25, 0.3) is 0 Å². The largest absolute Gasteiger partial charge is 0.457 e. The number of carbonyl (C=O) groups is 1. The summed E-state index contributed by atoms with van der Waals surface area (Å²) in [6.07, 6.45) is 1.04. The summed E-state index contributed by atoms with van der Waals surface area (Å²) in [5.41, 5.74) is 1.49. The molecule has 0 fully saturated rings. The maximum atomic E-state index is 13.5. The van der Waals surface area contributed by atoms with Crippen LogP contribution < -0.4 is 21.3 Å². The fraction of sp³-hybridized carbons (Fsp3) is 0.296. The Hall–Kier alpha value is -3.87. The molecule has 0 radical (unpaired) electrons. The van der Waals surface area contributed by atoms with Crippen molar-refractivity contribution in [3.8, 4) is 11.5 Å². The molecule has 1 aliphatic heterocycles. The van der Waals surface area contributed by atoms with Crippen molar-refractivity contribution in [2.24, 2.45) is 19.5 Å². The fourth-order valence-electron chi connectivity index (χ4n) is 5.07. The lowest BCUT2D eigenvalue weighted by atomic mass is 9.69. The van der Waals surface area contributed by atoms with Crippen LogP contribution in [0.15, 0.2) is 75.5 Å². The van der Waals surface area contributed by atoms with Gasteiger partial charge in [-0.3, -0.25) is 18.7 Å². The molecule has 0 saturated carbocycles. The minimum atomic E-state index is -0.598. The van der Waals surface area contributed by atoms with Gasteiger partial charge in [-0.25, -0.2) is 4.79 Å². The van der Waals surface area contributed by atoms with E-state index in [0.29, 0.717) is 41.3 Å². The van der Waals surface area contributed by atoms with E-state index in [1.165, 1.54) is 11.6 Å². The van der Waals surface area contributed by atoms with Crippen molar-refractivity contribution in [3.63, 3.8) is 0 Å². The zero-order valence-electron chi connectivity index (χ0n) is 19.7. The van der Waals surface area contributed by atoms with Crippen LogP contribution in [-0.4, -0.2) is 14.9 Å². The molecule has 2 aliphatic rings. The number of ketones is 1. The minimum Gasteiger partial charge on any atom is -0.457 e.